The van der Waals surface area contributed by atoms with E-state index in [2.05, 4.69) is 54.5 Å². The zero-order valence-electron chi connectivity index (χ0n) is 27.6. The second kappa shape index (κ2) is 10.1. The molecular weight excluding hydrogens is 544 g/mol. The number of hydrogen-bond acceptors (Lipinski definition) is 7. The Hall–Kier alpha value is -0.830. The molecule has 7 nitrogen and oxygen atoms in total. The van der Waals surface area contributed by atoms with E-state index in [0.717, 1.165) is 51.4 Å². The average Bonchev–Trinajstić information content (AvgIpc) is 2.94. The Morgan fingerprint density at radius 2 is 1.51 bits per heavy atom. The topological polar surface area (TPSA) is 127 Å². The molecule has 0 aromatic heterocycles. The van der Waals surface area contributed by atoms with Crippen LogP contribution in [0.3, 0.4) is 0 Å². The summed E-state index contributed by atoms with van der Waals surface area (Å²) in [5.74, 6) is 0.829. The van der Waals surface area contributed by atoms with Gasteiger partial charge < -0.3 is 30.3 Å². The number of carbonyl (C=O) groups excluding carboxylic acids is 1. The normalized spacial score (nSPS) is 53.9. The Morgan fingerprint density at radius 1 is 0.837 bits per heavy atom. The predicted octanol–water partition coefficient (Wildman–Crippen LogP) is 4.56. The van der Waals surface area contributed by atoms with Crippen LogP contribution in [0.5, 0.6) is 0 Å². The molecule has 1 heterocycles. The van der Waals surface area contributed by atoms with Crippen molar-refractivity contribution in [2.75, 3.05) is 6.61 Å². The molecule has 7 heteroatoms. The highest BCUT2D eigenvalue weighted by Gasteiger charge is 2.69. The predicted molar refractivity (Wildman–Crippen MR) is 164 cm³/mol. The summed E-state index contributed by atoms with van der Waals surface area (Å²) in [5, 5.41) is 52.9. The summed E-state index contributed by atoms with van der Waals surface area (Å²) in [7, 11) is 0. The van der Waals surface area contributed by atoms with Gasteiger partial charge in [-0.15, -0.1) is 0 Å². The number of Topliss-reactive ketones (excluding diaryl/α,β-unsaturated/α-hetero) is 1. The maximum absolute atomic E-state index is 14.7. The van der Waals surface area contributed by atoms with Crippen molar-refractivity contribution in [2.45, 2.75) is 149 Å². The molecule has 43 heavy (non-hydrogen) atoms. The van der Waals surface area contributed by atoms with E-state index in [-0.39, 0.29) is 44.9 Å². The highest BCUT2D eigenvalue weighted by atomic mass is 16.5. The van der Waals surface area contributed by atoms with E-state index in [9.17, 15) is 30.3 Å². The monoisotopic (exact) mass is 602 g/mol. The summed E-state index contributed by atoms with van der Waals surface area (Å²) >= 11 is 0. The molecule has 1 saturated heterocycles. The van der Waals surface area contributed by atoms with Gasteiger partial charge in [0.05, 0.1) is 12.7 Å². The van der Waals surface area contributed by atoms with Gasteiger partial charge in [-0.2, -0.15) is 0 Å². The van der Waals surface area contributed by atoms with Crippen LogP contribution in [0.1, 0.15) is 113 Å². The molecule has 5 N–H and O–H groups in total. The van der Waals surface area contributed by atoms with Crippen LogP contribution in [0.15, 0.2) is 11.6 Å². The van der Waals surface area contributed by atoms with Crippen LogP contribution in [-0.2, 0) is 9.53 Å². The van der Waals surface area contributed by atoms with Gasteiger partial charge in [-0.25, -0.2) is 0 Å². The van der Waals surface area contributed by atoms with E-state index in [1.54, 1.807) is 0 Å². The van der Waals surface area contributed by atoms with E-state index in [0.29, 0.717) is 24.7 Å². The standard InChI is InChI=1S/C36H58O7/c1-31(2)14-16-36(30(42)29-28(41)27(40)26(39)22(19-37)43-29)17-15-34(6)20(21(36)18-31)8-9-24-33(5)12-11-25(38)32(3,4)23(33)10-13-35(24,34)7/h8,21-29,37-41H,9-19H2,1-7H3/t21-,22+,23+,24-,25+,26+,27-,28+,29+,33+,34+,35+,36-/m1/s1. The molecular formula is C36H58O7. The molecule has 4 saturated carbocycles. The molecule has 0 unspecified atom stereocenters. The lowest BCUT2D eigenvalue weighted by atomic mass is 9.33. The van der Waals surface area contributed by atoms with Crippen LogP contribution in [0.2, 0.25) is 0 Å². The second-order valence-corrected chi connectivity index (χ2v) is 17.9. The smallest absolute Gasteiger partial charge is 0.171 e. The minimum Gasteiger partial charge on any atom is -0.394 e. The fraction of sp³-hybridized carbons (Fsp3) is 0.917. The maximum Gasteiger partial charge on any atom is 0.171 e. The summed E-state index contributed by atoms with van der Waals surface area (Å²) in [6, 6.07) is 0. The molecule has 0 radical (unpaired) electrons. The number of rotatable bonds is 3. The number of aliphatic hydroxyl groups is 5. The van der Waals surface area contributed by atoms with Crippen molar-refractivity contribution in [1.82, 2.24) is 0 Å². The van der Waals surface area contributed by atoms with Crippen molar-refractivity contribution in [3.8, 4) is 0 Å². The average molecular weight is 603 g/mol. The summed E-state index contributed by atoms with van der Waals surface area (Å²) < 4.78 is 5.91. The molecule has 0 bridgehead atoms. The number of aliphatic hydroxyl groups excluding tert-OH is 5. The van der Waals surface area contributed by atoms with Crippen molar-refractivity contribution in [1.29, 1.82) is 0 Å². The first-order valence-electron chi connectivity index (χ1n) is 17.1. The number of ketones is 1. The molecule has 1 aliphatic heterocycles. The van der Waals surface area contributed by atoms with Gasteiger partial charge >= 0.3 is 0 Å². The van der Waals surface area contributed by atoms with Gasteiger partial charge in [-0.3, -0.25) is 4.79 Å². The van der Waals surface area contributed by atoms with Gasteiger partial charge in [0.15, 0.2) is 5.78 Å². The number of hydrogen-bond donors (Lipinski definition) is 5. The Labute approximate surface area is 258 Å². The van der Waals surface area contributed by atoms with Crippen molar-refractivity contribution >= 4 is 5.78 Å². The third-order valence-electron chi connectivity index (χ3n) is 15.3. The minimum absolute atomic E-state index is 0.0165. The first-order valence-corrected chi connectivity index (χ1v) is 17.1. The van der Waals surface area contributed by atoms with Crippen LogP contribution >= 0.6 is 0 Å². The Morgan fingerprint density at radius 3 is 2.19 bits per heavy atom. The van der Waals surface area contributed by atoms with Crippen LogP contribution in [0.4, 0.5) is 0 Å². The summed E-state index contributed by atoms with van der Waals surface area (Å²) in [6.07, 6.45) is 4.55. The highest BCUT2D eigenvalue weighted by Crippen LogP contribution is 2.76. The lowest BCUT2D eigenvalue weighted by Gasteiger charge is -2.71. The van der Waals surface area contributed by atoms with Crippen molar-refractivity contribution < 1.29 is 35.1 Å². The molecule has 6 aliphatic rings. The van der Waals surface area contributed by atoms with Crippen LogP contribution in [0, 0.1) is 50.2 Å². The maximum atomic E-state index is 14.7. The quantitative estimate of drug-likeness (QED) is 0.300. The van der Waals surface area contributed by atoms with Gasteiger partial charge in [0.1, 0.15) is 30.5 Å². The third kappa shape index (κ3) is 4.23. The van der Waals surface area contributed by atoms with E-state index in [1.807, 2.05) is 0 Å². The molecule has 5 fully saturated rings. The largest absolute Gasteiger partial charge is 0.394 e. The molecule has 6 rings (SSSR count). The van der Waals surface area contributed by atoms with Crippen molar-refractivity contribution in [3.63, 3.8) is 0 Å². The molecule has 5 aliphatic carbocycles. The van der Waals surface area contributed by atoms with E-state index < -0.39 is 42.5 Å². The van der Waals surface area contributed by atoms with Crippen molar-refractivity contribution in [3.05, 3.63) is 11.6 Å². The molecule has 0 spiro atoms. The fourth-order valence-corrected chi connectivity index (χ4v) is 12.3. The summed E-state index contributed by atoms with van der Waals surface area (Å²) in [6.45, 7) is 16.1. The molecule has 13 atom stereocenters. The highest BCUT2D eigenvalue weighted by molar-refractivity contribution is 5.91. The first-order chi connectivity index (χ1) is 19.9. The number of ether oxygens (including phenoxy) is 1. The van der Waals surface area contributed by atoms with Crippen LogP contribution in [-0.4, -0.2) is 74.5 Å². The first kappa shape index (κ1) is 32.1. The minimum atomic E-state index is -1.55. The Kier molecular flexibility index (Phi) is 7.53. The number of carbonyl (C=O) groups is 1. The summed E-state index contributed by atoms with van der Waals surface area (Å²) in [5.41, 5.74) is 0.811. The molecule has 0 amide bonds. The molecule has 0 aromatic carbocycles. The second-order valence-electron chi connectivity index (χ2n) is 17.9. The molecule has 0 aromatic rings. The zero-order chi connectivity index (χ0) is 31.5. The van der Waals surface area contributed by atoms with Crippen molar-refractivity contribution in [2.24, 2.45) is 50.2 Å². The zero-order valence-corrected chi connectivity index (χ0v) is 27.6. The van der Waals surface area contributed by atoms with Gasteiger partial charge in [0, 0.05) is 5.41 Å². The van der Waals surface area contributed by atoms with E-state index >= 15 is 0 Å². The summed E-state index contributed by atoms with van der Waals surface area (Å²) in [4.78, 5) is 14.7. The van der Waals surface area contributed by atoms with Gasteiger partial charge in [0.25, 0.3) is 0 Å². The van der Waals surface area contributed by atoms with Crippen LogP contribution in [0.25, 0.3) is 0 Å². The third-order valence-corrected chi connectivity index (χ3v) is 15.3. The van der Waals surface area contributed by atoms with Gasteiger partial charge in [-0.05, 0) is 109 Å². The van der Waals surface area contributed by atoms with Gasteiger partial charge in [0.2, 0.25) is 0 Å². The van der Waals surface area contributed by atoms with Crippen LogP contribution < -0.4 is 0 Å². The SMILES string of the molecule is CC1(C)CC[C@@]2(C(=O)[C@H]3O[C@@H](CO)[C@H](O)[C@@H](O)[C@@H]3O)CC[C@@]3(C)C(=CC[C@@H]4[C@@]5(C)CC[C@H](O)C(C)(C)[C@@H]5CC[C@@]43C)[C@H]2C1. The fourth-order valence-electron chi connectivity index (χ4n) is 12.3. The van der Waals surface area contributed by atoms with E-state index in [1.165, 1.54) is 5.57 Å². The number of allylic oxidation sites excluding steroid dienone is 2. The van der Waals surface area contributed by atoms with E-state index in [4.69, 9.17) is 4.74 Å². The Bertz CT molecular complexity index is 1160. The lowest BCUT2D eigenvalue weighted by molar-refractivity contribution is -0.234. The lowest BCUT2D eigenvalue weighted by Crippen LogP contribution is -2.67. The molecule has 244 valence electrons. The number of fused-ring (bicyclic) bond motifs is 7. The Balaban J connectivity index is 1.40. The van der Waals surface area contributed by atoms with Gasteiger partial charge in [-0.1, -0.05) is 60.1 Å².